The molecule has 0 bridgehead atoms. The Kier molecular flexibility index (Phi) is 2.84. The van der Waals surface area contributed by atoms with E-state index in [2.05, 4.69) is 10.2 Å². The van der Waals surface area contributed by atoms with E-state index < -0.39 is 5.97 Å². The van der Waals surface area contributed by atoms with Gasteiger partial charge in [-0.15, -0.1) is 0 Å². The number of hydrogen-bond acceptors (Lipinski definition) is 3. The number of carboxylic acids is 1. The smallest absolute Gasteiger partial charge is 0.357 e. The fourth-order valence-electron chi connectivity index (χ4n) is 2.10. The highest BCUT2D eigenvalue weighted by Gasteiger charge is 2.15. The first kappa shape index (κ1) is 12.5. The maximum atomic E-state index is 11.1. The van der Waals surface area contributed by atoms with E-state index >= 15 is 0 Å². The quantitative estimate of drug-likeness (QED) is 0.675. The molecule has 0 aliphatic heterocycles. The predicted molar refractivity (Wildman–Crippen MR) is 75.2 cm³/mol. The molecule has 5 nitrogen and oxygen atoms in total. The Balaban J connectivity index is 2.28. The largest absolute Gasteiger partial charge is 0.508 e. The number of aromatic nitrogens is 2. The number of phenols is 1. The summed E-state index contributed by atoms with van der Waals surface area (Å²) < 4.78 is 0. The van der Waals surface area contributed by atoms with Gasteiger partial charge in [0.25, 0.3) is 0 Å². The number of carbonyl (C=O) groups is 1. The van der Waals surface area contributed by atoms with Gasteiger partial charge in [0.1, 0.15) is 5.75 Å². The minimum Gasteiger partial charge on any atom is -0.508 e. The van der Waals surface area contributed by atoms with Crippen molar-refractivity contribution < 1.29 is 15.0 Å². The maximum Gasteiger partial charge on any atom is 0.357 e. The standard InChI is InChI=1S/C14H9ClN2O3/c15-11-6-12-10(13(14(19)20)17-16-12)5-9(11)7-2-1-3-8(18)4-7/h1-6,18H,(H,16,17)(H,19,20). The van der Waals surface area contributed by atoms with E-state index in [4.69, 9.17) is 16.7 Å². The normalized spacial score (nSPS) is 10.8. The third kappa shape index (κ3) is 1.98. The number of aromatic amines is 1. The Morgan fingerprint density at radius 1 is 1.25 bits per heavy atom. The number of H-pyrrole nitrogens is 1. The van der Waals surface area contributed by atoms with Crippen LogP contribution in [0.25, 0.3) is 22.0 Å². The van der Waals surface area contributed by atoms with Crippen molar-refractivity contribution in [1.29, 1.82) is 0 Å². The Hall–Kier alpha value is -2.53. The van der Waals surface area contributed by atoms with Crippen molar-refractivity contribution in [3.05, 3.63) is 47.1 Å². The molecule has 6 heteroatoms. The molecule has 1 aromatic heterocycles. The summed E-state index contributed by atoms with van der Waals surface area (Å²) in [5.41, 5.74) is 1.84. The van der Waals surface area contributed by atoms with Gasteiger partial charge in [0.15, 0.2) is 5.69 Å². The summed E-state index contributed by atoms with van der Waals surface area (Å²) >= 11 is 6.20. The molecule has 0 atom stereocenters. The van der Waals surface area contributed by atoms with Crippen LogP contribution in [0.5, 0.6) is 5.75 Å². The van der Waals surface area contributed by atoms with Crippen molar-refractivity contribution in [3.8, 4) is 16.9 Å². The lowest BCUT2D eigenvalue weighted by molar-refractivity contribution is 0.0692. The van der Waals surface area contributed by atoms with Crippen LogP contribution in [-0.4, -0.2) is 26.4 Å². The third-order valence-electron chi connectivity index (χ3n) is 3.01. The maximum absolute atomic E-state index is 11.1. The zero-order valence-corrected chi connectivity index (χ0v) is 10.8. The van der Waals surface area contributed by atoms with Gasteiger partial charge in [0.05, 0.1) is 10.5 Å². The molecule has 0 aliphatic rings. The molecule has 0 fully saturated rings. The van der Waals surface area contributed by atoms with Crippen molar-refractivity contribution >= 4 is 28.5 Å². The van der Waals surface area contributed by atoms with Crippen molar-refractivity contribution in [2.24, 2.45) is 0 Å². The van der Waals surface area contributed by atoms with E-state index in [9.17, 15) is 9.90 Å². The number of rotatable bonds is 2. The number of hydrogen-bond donors (Lipinski definition) is 3. The van der Waals surface area contributed by atoms with Crippen LogP contribution in [0, 0.1) is 0 Å². The fourth-order valence-corrected chi connectivity index (χ4v) is 2.37. The van der Waals surface area contributed by atoms with Gasteiger partial charge in [-0.2, -0.15) is 5.10 Å². The number of carboxylic acid groups (broad SMARTS) is 1. The molecule has 3 rings (SSSR count). The second-order valence-corrected chi connectivity index (χ2v) is 4.71. The third-order valence-corrected chi connectivity index (χ3v) is 3.32. The first-order chi connectivity index (χ1) is 9.56. The highest BCUT2D eigenvalue weighted by atomic mass is 35.5. The van der Waals surface area contributed by atoms with E-state index in [-0.39, 0.29) is 11.4 Å². The van der Waals surface area contributed by atoms with Gasteiger partial charge in [0, 0.05) is 10.9 Å². The van der Waals surface area contributed by atoms with Crippen LogP contribution < -0.4 is 0 Å². The van der Waals surface area contributed by atoms with Crippen LogP contribution in [-0.2, 0) is 0 Å². The molecule has 0 aliphatic carbocycles. The van der Waals surface area contributed by atoms with Crippen molar-refractivity contribution in [3.63, 3.8) is 0 Å². The monoisotopic (exact) mass is 288 g/mol. The van der Waals surface area contributed by atoms with Gasteiger partial charge in [-0.3, -0.25) is 5.10 Å². The minimum atomic E-state index is -1.11. The second kappa shape index (κ2) is 4.54. The first-order valence-electron chi connectivity index (χ1n) is 5.76. The summed E-state index contributed by atoms with van der Waals surface area (Å²) in [6.07, 6.45) is 0. The van der Waals surface area contributed by atoms with Crippen molar-refractivity contribution in [2.75, 3.05) is 0 Å². The molecular formula is C14H9ClN2O3. The van der Waals surface area contributed by atoms with Crippen LogP contribution in [0.2, 0.25) is 5.02 Å². The van der Waals surface area contributed by atoms with E-state index in [1.165, 1.54) is 0 Å². The van der Waals surface area contributed by atoms with Crippen LogP contribution in [0.3, 0.4) is 0 Å². The molecule has 0 saturated carbocycles. The molecule has 0 unspecified atom stereocenters. The topological polar surface area (TPSA) is 86.2 Å². The van der Waals surface area contributed by atoms with Gasteiger partial charge < -0.3 is 10.2 Å². The van der Waals surface area contributed by atoms with Crippen molar-refractivity contribution in [2.45, 2.75) is 0 Å². The summed E-state index contributed by atoms with van der Waals surface area (Å²) in [6, 6.07) is 9.87. The van der Waals surface area contributed by atoms with E-state index in [1.54, 1.807) is 36.4 Å². The molecule has 3 N–H and O–H groups in total. The molecule has 20 heavy (non-hydrogen) atoms. The molecule has 1 heterocycles. The minimum absolute atomic E-state index is 0.0573. The number of aromatic carboxylic acids is 1. The number of benzene rings is 2. The molecule has 2 aromatic carbocycles. The van der Waals surface area contributed by atoms with Crippen LogP contribution in [0.4, 0.5) is 0 Å². The molecule has 3 aromatic rings. The Morgan fingerprint density at radius 3 is 2.75 bits per heavy atom. The number of nitrogens with zero attached hydrogens (tertiary/aromatic N) is 1. The van der Waals surface area contributed by atoms with E-state index in [1.807, 2.05) is 0 Å². The predicted octanol–water partition coefficient (Wildman–Crippen LogP) is 3.29. The molecular weight excluding hydrogens is 280 g/mol. The summed E-state index contributed by atoms with van der Waals surface area (Å²) in [4.78, 5) is 11.1. The van der Waals surface area contributed by atoms with Gasteiger partial charge >= 0.3 is 5.97 Å². The van der Waals surface area contributed by atoms with Crippen LogP contribution in [0.15, 0.2) is 36.4 Å². The Morgan fingerprint density at radius 2 is 2.05 bits per heavy atom. The average Bonchev–Trinajstić information content (AvgIpc) is 2.80. The number of phenolic OH excluding ortho intramolecular Hbond substituents is 1. The lowest BCUT2D eigenvalue weighted by Crippen LogP contribution is -1.96. The van der Waals surface area contributed by atoms with Crippen LogP contribution in [0.1, 0.15) is 10.5 Å². The molecule has 0 spiro atoms. The highest BCUT2D eigenvalue weighted by Crippen LogP contribution is 2.33. The van der Waals surface area contributed by atoms with Crippen LogP contribution >= 0.6 is 11.6 Å². The number of nitrogens with one attached hydrogen (secondary N) is 1. The molecule has 0 radical (unpaired) electrons. The lowest BCUT2D eigenvalue weighted by atomic mass is 10.0. The summed E-state index contributed by atoms with van der Waals surface area (Å²) in [6.45, 7) is 0. The zero-order chi connectivity index (χ0) is 14.3. The Labute approximate surface area is 118 Å². The summed E-state index contributed by atoms with van der Waals surface area (Å²) in [5.74, 6) is -0.996. The van der Waals surface area contributed by atoms with Gasteiger partial charge in [0.2, 0.25) is 0 Å². The van der Waals surface area contributed by atoms with Gasteiger partial charge in [-0.05, 0) is 29.8 Å². The summed E-state index contributed by atoms with van der Waals surface area (Å²) in [7, 11) is 0. The van der Waals surface area contributed by atoms with Crippen molar-refractivity contribution in [1.82, 2.24) is 10.2 Å². The molecule has 0 saturated heterocycles. The Bertz CT molecular complexity index is 826. The SMILES string of the molecule is O=C(O)c1n[nH]c2cc(Cl)c(-c3cccc(O)c3)cc12. The van der Waals surface area contributed by atoms with Gasteiger partial charge in [-0.1, -0.05) is 23.7 Å². The molecule has 0 amide bonds. The fraction of sp³-hybridized carbons (Fsp3) is 0. The number of aromatic hydroxyl groups is 1. The number of halogens is 1. The first-order valence-corrected chi connectivity index (χ1v) is 6.14. The van der Waals surface area contributed by atoms with Gasteiger partial charge in [-0.25, -0.2) is 4.79 Å². The van der Waals surface area contributed by atoms with E-state index in [0.29, 0.717) is 27.1 Å². The average molecular weight is 289 g/mol. The number of fused-ring (bicyclic) bond motifs is 1. The zero-order valence-electron chi connectivity index (χ0n) is 10.1. The van der Waals surface area contributed by atoms with E-state index in [0.717, 1.165) is 0 Å². The second-order valence-electron chi connectivity index (χ2n) is 4.31. The summed E-state index contributed by atoms with van der Waals surface area (Å²) in [5, 5.41) is 25.9. The lowest BCUT2D eigenvalue weighted by Gasteiger charge is -2.05. The molecule has 100 valence electrons. The highest BCUT2D eigenvalue weighted by molar-refractivity contribution is 6.34.